The molecule has 134 valence electrons. The maximum atomic E-state index is 12.4. The highest BCUT2D eigenvalue weighted by molar-refractivity contribution is 5.85. The molecule has 0 saturated heterocycles. The summed E-state index contributed by atoms with van der Waals surface area (Å²) < 4.78 is 0. The van der Waals surface area contributed by atoms with E-state index in [0.717, 1.165) is 5.56 Å². The first-order valence-corrected chi connectivity index (χ1v) is 7.75. The molecule has 3 atom stereocenters. The van der Waals surface area contributed by atoms with Crippen molar-refractivity contribution in [2.75, 3.05) is 0 Å². The summed E-state index contributed by atoms with van der Waals surface area (Å²) in [7, 11) is 0. The van der Waals surface area contributed by atoms with E-state index in [9.17, 15) is 14.9 Å². The normalized spacial score (nSPS) is 13.9. The van der Waals surface area contributed by atoms with Crippen LogP contribution in [-0.2, 0) is 4.79 Å². The topological polar surface area (TPSA) is 98.3 Å². The molecule has 0 saturated carbocycles. The zero-order valence-corrected chi connectivity index (χ0v) is 14.9. The number of hydrogen-bond acceptors (Lipinski definition) is 4. The van der Waals surface area contributed by atoms with E-state index in [2.05, 4.69) is 5.32 Å². The van der Waals surface area contributed by atoms with Crippen molar-refractivity contribution in [3.63, 3.8) is 0 Å². The van der Waals surface area contributed by atoms with Gasteiger partial charge in [-0.3, -0.25) is 14.9 Å². The first kappa shape index (κ1) is 20.6. The fourth-order valence-corrected chi connectivity index (χ4v) is 2.46. The van der Waals surface area contributed by atoms with Gasteiger partial charge in [0.05, 0.1) is 16.9 Å². The van der Waals surface area contributed by atoms with Gasteiger partial charge in [-0.25, -0.2) is 0 Å². The van der Waals surface area contributed by atoms with Gasteiger partial charge >= 0.3 is 0 Å². The molecule has 2 rings (SSSR count). The molecule has 0 aliphatic heterocycles. The molecule has 25 heavy (non-hydrogen) atoms. The molecule has 2 aromatic carbocycles. The number of rotatable bonds is 6. The third-order valence-electron chi connectivity index (χ3n) is 4.08. The summed E-state index contributed by atoms with van der Waals surface area (Å²) >= 11 is 0. The van der Waals surface area contributed by atoms with E-state index in [-0.39, 0.29) is 30.0 Å². The number of hydrogen-bond donors (Lipinski definition) is 2. The molecule has 0 aromatic heterocycles. The standard InChI is InChI=1S/C18H21N3O3.ClH/c1-12(17(19)14-7-4-3-5-8-14)18(22)20-13(2)15-9-6-10-16(11-15)21(23)24;/h3-13,17H,19H2,1-2H3,(H,20,22);1H. The first-order valence-electron chi connectivity index (χ1n) is 7.75. The van der Waals surface area contributed by atoms with Gasteiger partial charge < -0.3 is 11.1 Å². The molecule has 0 heterocycles. The van der Waals surface area contributed by atoms with E-state index >= 15 is 0 Å². The van der Waals surface area contributed by atoms with Crippen molar-refractivity contribution in [3.8, 4) is 0 Å². The molecule has 0 bridgehead atoms. The molecule has 6 nitrogen and oxygen atoms in total. The lowest BCUT2D eigenvalue weighted by molar-refractivity contribution is -0.384. The van der Waals surface area contributed by atoms with Gasteiger partial charge in [0.1, 0.15) is 0 Å². The number of nitrogens with one attached hydrogen (secondary N) is 1. The Morgan fingerprint density at radius 1 is 1.08 bits per heavy atom. The summed E-state index contributed by atoms with van der Waals surface area (Å²) in [5.74, 6) is -0.612. The van der Waals surface area contributed by atoms with Crippen molar-refractivity contribution >= 4 is 24.0 Å². The third kappa shape index (κ3) is 5.27. The Morgan fingerprint density at radius 3 is 2.28 bits per heavy atom. The van der Waals surface area contributed by atoms with Gasteiger partial charge in [0.25, 0.3) is 5.69 Å². The van der Waals surface area contributed by atoms with Gasteiger partial charge in [-0.15, -0.1) is 12.4 Å². The molecule has 0 aliphatic carbocycles. The summed E-state index contributed by atoms with van der Waals surface area (Å²) in [5.41, 5.74) is 7.74. The van der Waals surface area contributed by atoms with Crippen molar-refractivity contribution < 1.29 is 9.72 Å². The highest BCUT2D eigenvalue weighted by Gasteiger charge is 2.23. The molecule has 0 aliphatic rings. The lowest BCUT2D eigenvalue weighted by Crippen LogP contribution is -2.36. The number of nitrogens with two attached hydrogens (primary N) is 1. The summed E-state index contributed by atoms with van der Waals surface area (Å²) in [5, 5.41) is 13.7. The van der Waals surface area contributed by atoms with Crippen LogP contribution in [0.15, 0.2) is 54.6 Å². The predicted octanol–water partition coefficient (Wildman–Crippen LogP) is 3.53. The van der Waals surface area contributed by atoms with Crippen molar-refractivity contribution in [1.82, 2.24) is 5.32 Å². The number of carbonyl (C=O) groups excluding carboxylic acids is 1. The zero-order chi connectivity index (χ0) is 17.7. The van der Waals surface area contributed by atoms with Crippen molar-refractivity contribution in [1.29, 1.82) is 0 Å². The number of nitro benzene ring substituents is 1. The third-order valence-corrected chi connectivity index (χ3v) is 4.08. The highest BCUT2D eigenvalue weighted by atomic mass is 35.5. The summed E-state index contributed by atoms with van der Waals surface area (Å²) in [6, 6.07) is 14.9. The first-order chi connectivity index (χ1) is 11.4. The smallest absolute Gasteiger partial charge is 0.269 e. The SMILES string of the molecule is CC(NC(=O)C(C)C(N)c1ccccc1)c1cccc([N+](=O)[O-])c1.Cl. The van der Waals surface area contributed by atoms with Gasteiger partial charge in [-0.1, -0.05) is 49.4 Å². The molecule has 0 spiro atoms. The van der Waals surface area contributed by atoms with Crippen molar-refractivity contribution in [3.05, 3.63) is 75.8 Å². The van der Waals surface area contributed by atoms with Gasteiger partial charge in [-0.05, 0) is 18.1 Å². The molecule has 1 amide bonds. The van der Waals surface area contributed by atoms with E-state index in [1.165, 1.54) is 12.1 Å². The maximum absolute atomic E-state index is 12.4. The van der Waals surface area contributed by atoms with Crippen LogP contribution in [0.2, 0.25) is 0 Å². The Labute approximate surface area is 153 Å². The van der Waals surface area contributed by atoms with Crippen LogP contribution >= 0.6 is 12.4 Å². The largest absolute Gasteiger partial charge is 0.349 e. The van der Waals surface area contributed by atoms with Gasteiger partial charge in [0, 0.05) is 18.2 Å². The van der Waals surface area contributed by atoms with E-state index in [1.807, 2.05) is 30.3 Å². The molecular formula is C18H22ClN3O3. The number of non-ortho nitro benzene ring substituents is 1. The molecule has 0 radical (unpaired) electrons. The Hall–Kier alpha value is -2.44. The van der Waals surface area contributed by atoms with Crippen LogP contribution in [-0.4, -0.2) is 10.8 Å². The second kappa shape index (κ2) is 9.15. The van der Waals surface area contributed by atoms with Crippen LogP contribution in [0.5, 0.6) is 0 Å². The molecular weight excluding hydrogens is 342 g/mol. The average molecular weight is 364 g/mol. The Bertz CT molecular complexity index is 725. The number of benzene rings is 2. The number of amides is 1. The zero-order valence-electron chi connectivity index (χ0n) is 14.1. The minimum Gasteiger partial charge on any atom is -0.349 e. The number of halogens is 1. The second-order valence-electron chi connectivity index (χ2n) is 5.81. The molecule has 3 unspecified atom stereocenters. The minimum atomic E-state index is -0.452. The highest BCUT2D eigenvalue weighted by Crippen LogP contribution is 2.22. The van der Waals surface area contributed by atoms with Gasteiger partial charge in [0.2, 0.25) is 5.91 Å². The maximum Gasteiger partial charge on any atom is 0.269 e. The summed E-state index contributed by atoms with van der Waals surface area (Å²) in [4.78, 5) is 22.8. The van der Waals surface area contributed by atoms with E-state index in [1.54, 1.807) is 26.0 Å². The lowest BCUT2D eigenvalue weighted by Gasteiger charge is -2.22. The van der Waals surface area contributed by atoms with Crippen LogP contribution in [0.3, 0.4) is 0 Å². The van der Waals surface area contributed by atoms with Crippen LogP contribution in [0.25, 0.3) is 0 Å². The Kier molecular flexibility index (Phi) is 7.54. The van der Waals surface area contributed by atoms with Crippen LogP contribution in [0.1, 0.15) is 37.1 Å². The van der Waals surface area contributed by atoms with Crippen LogP contribution in [0, 0.1) is 16.0 Å². The summed E-state index contributed by atoms with van der Waals surface area (Å²) in [6.45, 7) is 3.56. The minimum absolute atomic E-state index is 0. The molecule has 7 heteroatoms. The predicted molar refractivity (Wildman–Crippen MR) is 99.4 cm³/mol. The fraction of sp³-hybridized carbons (Fsp3) is 0.278. The number of nitro groups is 1. The Balaban J connectivity index is 0.00000312. The van der Waals surface area contributed by atoms with Crippen molar-refractivity contribution in [2.24, 2.45) is 11.7 Å². The Morgan fingerprint density at radius 2 is 1.68 bits per heavy atom. The van der Waals surface area contributed by atoms with Gasteiger partial charge in [0.15, 0.2) is 0 Å². The van der Waals surface area contributed by atoms with E-state index in [4.69, 9.17) is 5.73 Å². The van der Waals surface area contributed by atoms with Crippen LogP contribution in [0.4, 0.5) is 5.69 Å². The van der Waals surface area contributed by atoms with Crippen LogP contribution < -0.4 is 11.1 Å². The van der Waals surface area contributed by atoms with E-state index in [0.29, 0.717) is 5.56 Å². The van der Waals surface area contributed by atoms with Crippen molar-refractivity contribution in [2.45, 2.75) is 25.9 Å². The monoisotopic (exact) mass is 363 g/mol. The molecule has 2 aromatic rings. The quantitative estimate of drug-likeness (QED) is 0.605. The fourth-order valence-electron chi connectivity index (χ4n) is 2.46. The lowest BCUT2D eigenvalue weighted by atomic mass is 9.94. The molecule has 0 fully saturated rings. The van der Waals surface area contributed by atoms with E-state index < -0.39 is 16.9 Å². The second-order valence-corrected chi connectivity index (χ2v) is 5.81. The summed E-state index contributed by atoms with van der Waals surface area (Å²) in [6.07, 6.45) is 0. The number of nitrogens with zero attached hydrogens (tertiary/aromatic N) is 1. The average Bonchev–Trinajstić information content (AvgIpc) is 2.61. The number of carbonyl (C=O) groups is 1. The molecule has 3 N–H and O–H groups in total. The van der Waals surface area contributed by atoms with Gasteiger partial charge in [-0.2, -0.15) is 0 Å².